The van der Waals surface area contributed by atoms with Crippen molar-refractivity contribution in [1.82, 2.24) is 0 Å². The van der Waals surface area contributed by atoms with E-state index < -0.39 is 25.9 Å². The number of carboxylic acid groups (broad SMARTS) is 1. The van der Waals surface area contributed by atoms with Crippen LogP contribution in [0.3, 0.4) is 0 Å². The zero-order valence-electron chi connectivity index (χ0n) is 7.21. The van der Waals surface area contributed by atoms with E-state index >= 15 is 0 Å². The predicted molar refractivity (Wildman–Crippen MR) is 38.2 cm³/mol. The van der Waals surface area contributed by atoms with Gasteiger partial charge in [0.2, 0.25) is 1.43 Å². The molecular weight excluding hydrogens is 189 g/mol. The van der Waals surface area contributed by atoms with E-state index in [1.165, 1.54) is 6.92 Å². The predicted octanol–water partition coefficient (Wildman–Crippen LogP) is -1.10. The van der Waals surface area contributed by atoms with Crippen LogP contribution < -0.4 is 5.73 Å². The molecule has 7 nitrogen and oxygen atoms in total. The molecule has 0 aromatic heterocycles. The molecule has 1 unspecified atom stereocenters. The first-order chi connectivity index (χ1) is 5.80. The van der Waals surface area contributed by atoms with Gasteiger partial charge in [-0.1, -0.05) is 0 Å². The Morgan fingerprint density at radius 2 is 2.33 bits per heavy atom. The molecule has 0 aliphatic carbocycles. The topological polar surface area (TPSA) is 130 Å². The minimum absolute atomic E-state index is 1.18. The van der Waals surface area contributed by atoms with Crippen molar-refractivity contribution in [3.8, 4) is 0 Å². The largest absolute Gasteiger partial charge is 0.480 e. The van der Waals surface area contributed by atoms with Crippen molar-refractivity contribution in [2.45, 2.75) is 19.1 Å². The second kappa shape index (κ2) is 3.97. The summed E-state index contributed by atoms with van der Waals surface area (Å²) in [7, 11) is -4.50. The summed E-state index contributed by atoms with van der Waals surface area (Å²) in [5, 5.41) is 8.36. The lowest BCUT2D eigenvalue weighted by atomic mass is 10.2. The first-order valence-electron chi connectivity index (χ1n) is 3.35. The lowest BCUT2D eigenvalue weighted by molar-refractivity contribution is -0.140. The number of hydrogen-bond acceptors (Lipinski definition) is 5. The average Bonchev–Trinajstić information content (AvgIpc) is 2.02. The number of carbonyl (C=O) groups is 1. The lowest BCUT2D eigenvalue weighted by Gasteiger charge is -2.16. The Bertz CT molecular complexity index is 235. The average molecular weight is 200 g/mol. The number of hydrogen-bond donors (Lipinski definition) is 4. The monoisotopic (exact) mass is 200 g/mol. The van der Waals surface area contributed by atoms with Crippen LogP contribution in [0, 0.1) is 0 Å². The number of rotatable bonds is 5. The summed E-state index contributed by atoms with van der Waals surface area (Å²) in [6.07, 6.45) is -1.22. The Hall–Kier alpha value is -0.460. The highest BCUT2D eigenvalue weighted by Gasteiger charge is 2.27. The highest BCUT2D eigenvalue weighted by Crippen LogP contribution is 2.37. The van der Waals surface area contributed by atoms with E-state index in [2.05, 4.69) is 9.42 Å². The molecule has 0 aliphatic heterocycles. The zero-order chi connectivity index (χ0) is 10.6. The maximum atomic E-state index is 10.6. The van der Waals surface area contributed by atoms with Crippen LogP contribution in [0.2, 0.25) is 0 Å². The highest BCUT2D eigenvalue weighted by molar-refractivity contribution is 7.46. The fourth-order valence-corrected chi connectivity index (χ4v) is 1.03. The molecule has 0 aliphatic rings. The molecular formula is C4H10NO6P. The van der Waals surface area contributed by atoms with Gasteiger partial charge in [0.1, 0.15) is 6.04 Å². The minimum atomic E-state index is -4.50. The van der Waals surface area contributed by atoms with Crippen molar-refractivity contribution < 1.29 is 28.8 Å². The summed E-state index contributed by atoms with van der Waals surface area (Å²) in [4.78, 5) is 22.2. The Kier molecular flexibility index (Phi) is 3.19. The van der Waals surface area contributed by atoms with Crippen LogP contribution in [-0.2, 0) is 13.9 Å². The molecule has 0 aromatic rings. The van der Waals surface area contributed by atoms with Gasteiger partial charge in [-0.25, -0.2) is 4.57 Å². The van der Waals surface area contributed by atoms with E-state index in [-0.39, 0.29) is 0 Å². The molecule has 5 N–H and O–H groups in total. The summed E-state index contributed by atoms with van der Waals surface area (Å²) in [6, 6.07) is -1.45. The maximum Gasteiger partial charge on any atom is 0.469 e. The van der Waals surface area contributed by atoms with Crippen molar-refractivity contribution in [3.63, 3.8) is 0 Å². The minimum Gasteiger partial charge on any atom is -0.480 e. The summed E-state index contributed by atoms with van der Waals surface area (Å²) in [5.74, 6) is -1.38. The van der Waals surface area contributed by atoms with E-state index in [9.17, 15) is 9.36 Å². The Morgan fingerprint density at radius 3 is 2.67 bits per heavy atom. The van der Waals surface area contributed by atoms with Crippen molar-refractivity contribution >= 4 is 13.8 Å². The third-order valence-corrected chi connectivity index (χ3v) is 1.69. The number of phosphoric acid groups is 1. The van der Waals surface area contributed by atoms with Crippen LogP contribution in [0.25, 0.3) is 0 Å². The maximum absolute atomic E-state index is 10.6. The summed E-state index contributed by atoms with van der Waals surface area (Å²) in [5.41, 5.74) is 5.05. The van der Waals surface area contributed by atoms with E-state index in [0.717, 1.165) is 0 Å². The summed E-state index contributed by atoms with van der Waals surface area (Å²) < 4.78 is 20.9. The number of aliphatic carboxylic acids is 1. The smallest absolute Gasteiger partial charge is 0.469 e. The van der Waals surface area contributed by atoms with Crippen LogP contribution in [0.5, 0.6) is 0 Å². The lowest BCUT2D eigenvalue weighted by Crippen LogP contribution is -2.41. The third kappa shape index (κ3) is 4.42. The Morgan fingerprint density at radius 1 is 1.83 bits per heavy atom. The molecule has 72 valence electrons. The number of carboxylic acids is 1. The standard InChI is InChI=1S/C4H10NO6P/c1-2(3(5)4(6)7)11-12(8,9)10/h2-3H,5H2,1H3,(H,6,7)(H2,8,9,10)/t2-,3+/m1/s1/i/hD. The molecule has 8 heteroatoms. The van der Waals surface area contributed by atoms with Crippen LogP contribution in [-0.4, -0.2) is 34.4 Å². The van der Waals surface area contributed by atoms with Gasteiger partial charge < -0.3 is 20.6 Å². The van der Waals surface area contributed by atoms with Gasteiger partial charge in [0.15, 0.2) is 0 Å². The summed E-state index contributed by atoms with van der Waals surface area (Å²) in [6.45, 7) is 1.18. The molecule has 0 spiro atoms. The molecule has 0 bridgehead atoms. The van der Waals surface area contributed by atoms with Gasteiger partial charge in [0, 0.05) is 0 Å². The molecule has 12 heavy (non-hydrogen) atoms. The second-order valence-corrected chi connectivity index (χ2v) is 3.29. The molecule has 0 amide bonds. The van der Waals surface area contributed by atoms with E-state index in [0.29, 0.717) is 0 Å². The highest BCUT2D eigenvalue weighted by atomic mass is 31.2. The first kappa shape index (κ1) is 9.63. The number of nitrogens with two attached hydrogens (primary N) is 1. The van der Waals surface area contributed by atoms with Gasteiger partial charge in [-0.15, -0.1) is 0 Å². The van der Waals surface area contributed by atoms with Gasteiger partial charge in [0.05, 0.1) is 6.10 Å². The molecule has 0 rings (SSSR count). The van der Waals surface area contributed by atoms with Gasteiger partial charge in [-0.2, -0.15) is 0 Å². The first-order valence-corrected chi connectivity index (χ1v) is 4.44. The van der Waals surface area contributed by atoms with Crippen LogP contribution >= 0.6 is 7.82 Å². The Balaban J connectivity index is 4.23. The van der Waals surface area contributed by atoms with Crippen molar-refractivity contribution in [2.24, 2.45) is 5.73 Å². The molecule has 0 saturated carbocycles. The van der Waals surface area contributed by atoms with E-state index in [4.69, 9.17) is 17.2 Å². The molecule has 0 fully saturated rings. The molecule has 0 saturated heterocycles. The van der Waals surface area contributed by atoms with Crippen LogP contribution in [0.1, 0.15) is 6.92 Å². The molecule has 0 radical (unpaired) electrons. The third-order valence-electron chi connectivity index (χ3n) is 1.09. The molecule has 0 aromatic carbocycles. The fraction of sp³-hybridized carbons (Fsp3) is 0.750. The normalized spacial score (nSPS) is 22.1. The van der Waals surface area contributed by atoms with Crippen molar-refractivity contribution in [2.75, 3.05) is 0 Å². The zero-order valence-corrected chi connectivity index (χ0v) is 7.10. The fourth-order valence-electron chi connectivity index (χ4n) is 0.476. The molecule has 3 atom stereocenters. The quantitative estimate of drug-likeness (QED) is 0.414. The Labute approximate surface area is 69.9 Å². The van der Waals surface area contributed by atoms with Crippen molar-refractivity contribution in [1.29, 1.82) is 1.43 Å². The second-order valence-electron chi connectivity index (χ2n) is 2.14. The summed E-state index contributed by atoms with van der Waals surface area (Å²) >= 11 is 0. The van der Waals surface area contributed by atoms with Gasteiger partial charge in [-0.05, 0) is 6.92 Å². The van der Waals surface area contributed by atoms with E-state index in [1.54, 1.807) is 0 Å². The van der Waals surface area contributed by atoms with E-state index in [1.807, 2.05) is 0 Å². The van der Waals surface area contributed by atoms with Crippen LogP contribution in [0.4, 0.5) is 0 Å². The van der Waals surface area contributed by atoms with Crippen molar-refractivity contribution in [3.05, 3.63) is 0 Å². The van der Waals surface area contributed by atoms with Gasteiger partial charge in [-0.3, -0.25) is 9.32 Å². The number of phosphoric ester groups is 1. The van der Waals surface area contributed by atoms with Gasteiger partial charge in [0.25, 0.3) is 0 Å². The van der Waals surface area contributed by atoms with Gasteiger partial charge >= 0.3 is 13.8 Å². The van der Waals surface area contributed by atoms with Crippen LogP contribution in [0.15, 0.2) is 0 Å². The molecule has 0 heterocycles. The SMILES string of the molecule is [2H]OP(=O)(O)O[C@H](C)[C@H](N)C(=O)O.